The lowest BCUT2D eigenvalue weighted by molar-refractivity contribution is 0.339. The lowest BCUT2D eigenvalue weighted by atomic mass is 9.95. The molecule has 4 aromatic rings. The predicted octanol–water partition coefficient (Wildman–Crippen LogP) is 5.80. The summed E-state index contributed by atoms with van der Waals surface area (Å²) >= 11 is 12.4. The number of nitrogens with zero attached hydrogens (tertiary/aromatic N) is 4. The molecule has 2 aromatic heterocycles. The van der Waals surface area contributed by atoms with E-state index in [1.54, 1.807) is 6.20 Å². The van der Waals surface area contributed by atoms with Crippen LogP contribution >= 0.6 is 23.2 Å². The summed E-state index contributed by atoms with van der Waals surface area (Å²) in [6.07, 6.45) is 5.31. The van der Waals surface area contributed by atoms with Crippen LogP contribution in [0.25, 0.3) is 22.6 Å². The third-order valence-corrected chi connectivity index (χ3v) is 6.83. The maximum absolute atomic E-state index is 6.30. The molecule has 2 aromatic carbocycles. The number of rotatable bonds is 7. The molecule has 1 aliphatic rings. The van der Waals surface area contributed by atoms with Crippen molar-refractivity contribution in [1.29, 1.82) is 0 Å². The molecule has 6 nitrogen and oxygen atoms in total. The van der Waals surface area contributed by atoms with Crippen LogP contribution in [0.2, 0.25) is 10.0 Å². The minimum atomic E-state index is 0.554. The topological polar surface area (TPSA) is 67.7 Å². The van der Waals surface area contributed by atoms with Gasteiger partial charge in [-0.3, -0.25) is 0 Å². The Kier molecular flexibility index (Phi) is 6.76. The van der Waals surface area contributed by atoms with Crippen molar-refractivity contribution in [2.75, 3.05) is 18.4 Å². The van der Waals surface area contributed by atoms with E-state index in [1.807, 2.05) is 48.5 Å². The number of halogens is 2. The second kappa shape index (κ2) is 10.1. The zero-order valence-corrected chi connectivity index (χ0v) is 19.8. The van der Waals surface area contributed by atoms with Gasteiger partial charge in [0.15, 0.2) is 5.65 Å². The number of nitrogens with one attached hydrogen (secondary N) is 2. The van der Waals surface area contributed by atoms with E-state index in [9.17, 15) is 0 Å². The van der Waals surface area contributed by atoms with E-state index in [0.29, 0.717) is 23.4 Å². The van der Waals surface area contributed by atoms with Crippen LogP contribution in [-0.2, 0) is 13.1 Å². The molecule has 33 heavy (non-hydrogen) atoms. The molecule has 0 atom stereocenters. The zero-order chi connectivity index (χ0) is 22.6. The number of hydrogen-bond acceptors (Lipinski definition) is 5. The summed E-state index contributed by atoms with van der Waals surface area (Å²) in [5.74, 6) is 2.17. The highest BCUT2D eigenvalue weighted by atomic mass is 35.5. The molecule has 0 bridgehead atoms. The van der Waals surface area contributed by atoms with Crippen molar-refractivity contribution in [2.45, 2.75) is 32.4 Å². The Balaban J connectivity index is 1.46. The molecule has 1 fully saturated rings. The van der Waals surface area contributed by atoms with E-state index in [0.717, 1.165) is 59.2 Å². The molecule has 5 rings (SSSR count). The molecule has 0 amide bonds. The standard InChI is InChI=1S/C25H26Cl2N6/c26-20-7-5-18(6-8-20)23-31-22-16-30-25(29-15-19-3-1-2-4-21(19)27)32-24(22)33(23)14-11-17-9-12-28-13-10-17/h1-8,16-17,28H,9-15H2,(H,29,30,32). The third-order valence-electron chi connectivity index (χ3n) is 6.20. The number of anilines is 1. The second-order valence-electron chi connectivity index (χ2n) is 8.42. The minimum absolute atomic E-state index is 0.554. The van der Waals surface area contributed by atoms with Crippen molar-refractivity contribution >= 4 is 40.3 Å². The van der Waals surface area contributed by atoms with E-state index in [4.69, 9.17) is 33.2 Å². The van der Waals surface area contributed by atoms with Crippen LogP contribution in [0.1, 0.15) is 24.8 Å². The van der Waals surface area contributed by atoms with E-state index < -0.39 is 0 Å². The first-order valence-electron chi connectivity index (χ1n) is 11.3. The van der Waals surface area contributed by atoms with Gasteiger partial charge in [-0.25, -0.2) is 9.97 Å². The fourth-order valence-electron chi connectivity index (χ4n) is 4.33. The first-order chi connectivity index (χ1) is 16.2. The van der Waals surface area contributed by atoms with Gasteiger partial charge < -0.3 is 15.2 Å². The summed E-state index contributed by atoms with van der Waals surface area (Å²) in [6.45, 7) is 3.61. The van der Waals surface area contributed by atoms with Crippen LogP contribution in [0.3, 0.4) is 0 Å². The monoisotopic (exact) mass is 480 g/mol. The van der Waals surface area contributed by atoms with Crippen LogP contribution in [0.4, 0.5) is 5.95 Å². The van der Waals surface area contributed by atoms with Gasteiger partial charge >= 0.3 is 0 Å². The number of hydrogen-bond donors (Lipinski definition) is 2. The molecule has 0 aliphatic carbocycles. The SMILES string of the molecule is Clc1ccc(-c2nc3cnc(NCc4ccccc4Cl)nc3n2CCC2CCNCC2)cc1. The molecular weight excluding hydrogens is 455 g/mol. The van der Waals surface area contributed by atoms with Crippen LogP contribution in [0, 0.1) is 5.92 Å². The Morgan fingerprint density at radius 1 is 1.00 bits per heavy atom. The quantitative estimate of drug-likeness (QED) is 0.349. The maximum Gasteiger partial charge on any atom is 0.225 e. The number of imidazole rings is 1. The van der Waals surface area contributed by atoms with Crippen LogP contribution in [0.5, 0.6) is 0 Å². The predicted molar refractivity (Wildman–Crippen MR) is 135 cm³/mol. The molecule has 0 radical (unpaired) electrons. The van der Waals surface area contributed by atoms with Gasteiger partial charge in [0.1, 0.15) is 11.3 Å². The van der Waals surface area contributed by atoms with Gasteiger partial charge in [-0.15, -0.1) is 0 Å². The summed E-state index contributed by atoms with van der Waals surface area (Å²) in [4.78, 5) is 14.2. The molecular formula is C25H26Cl2N6. The van der Waals surface area contributed by atoms with E-state index >= 15 is 0 Å². The summed E-state index contributed by atoms with van der Waals surface area (Å²) in [6, 6.07) is 15.6. The van der Waals surface area contributed by atoms with Gasteiger partial charge in [-0.05, 0) is 74.2 Å². The number of benzene rings is 2. The summed E-state index contributed by atoms with van der Waals surface area (Å²) in [5, 5.41) is 8.19. The van der Waals surface area contributed by atoms with Crippen molar-refractivity contribution < 1.29 is 0 Å². The summed E-state index contributed by atoms with van der Waals surface area (Å²) < 4.78 is 2.23. The Labute approximate surface area is 203 Å². The van der Waals surface area contributed by atoms with E-state index in [1.165, 1.54) is 12.8 Å². The maximum atomic E-state index is 6.30. The highest BCUT2D eigenvalue weighted by Crippen LogP contribution is 2.27. The Morgan fingerprint density at radius 3 is 2.58 bits per heavy atom. The van der Waals surface area contributed by atoms with Gasteiger partial charge in [0.25, 0.3) is 0 Å². The van der Waals surface area contributed by atoms with Crippen molar-refractivity contribution in [3.8, 4) is 11.4 Å². The Morgan fingerprint density at radius 2 is 1.79 bits per heavy atom. The smallest absolute Gasteiger partial charge is 0.225 e. The van der Waals surface area contributed by atoms with Gasteiger partial charge in [-0.1, -0.05) is 41.4 Å². The summed E-state index contributed by atoms with van der Waals surface area (Å²) in [5.41, 5.74) is 3.65. The molecule has 170 valence electrons. The van der Waals surface area contributed by atoms with Crippen LogP contribution in [-0.4, -0.2) is 32.6 Å². The largest absolute Gasteiger partial charge is 0.350 e. The molecule has 8 heteroatoms. The number of aromatic nitrogens is 4. The first-order valence-corrected chi connectivity index (χ1v) is 12.1. The third kappa shape index (κ3) is 5.13. The fraction of sp³-hybridized carbons (Fsp3) is 0.320. The highest BCUT2D eigenvalue weighted by molar-refractivity contribution is 6.31. The number of piperidine rings is 1. The molecule has 0 saturated carbocycles. The molecule has 1 aliphatic heterocycles. The van der Waals surface area contributed by atoms with E-state index in [-0.39, 0.29) is 0 Å². The Hall–Kier alpha value is -2.67. The van der Waals surface area contributed by atoms with Crippen molar-refractivity contribution in [1.82, 2.24) is 24.8 Å². The van der Waals surface area contributed by atoms with Crippen LogP contribution < -0.4 is 10.6 Å². The number of fused-ring (bicyclic) bond motifs is 1. The van der Waals surface area contributed by atoms with Gasteiger partial charge in [-0.2, -0.15) is 4.98 Å². The minimum Gasteiger partial charge on any atom is -0.350 e. The molecule has 1 saturated heterocycles. The summed E-state index contributed by atoms with van der Waals surface area (Å²) in [7, 11) is 0. The molecule has 3 heterocycles. The van der Waals surface area contributed by atoms with Crippen LogP contribution in [0.15, 0.2) is 54.7 Å². The average Bonchev–Trinajstić information content (AvgIpc) is 3.21. The fourth-order valence-corrected chi connectivity index (χ4v) is 4.66. The van der Waals surface area contributed by atoms with Gasteiger partial charge in [0.05, 0.1) is 6.20 Å². The van der Waals surface area contributed by atoms with Gasteiger partial charge in [0.2, 0.25) is 5.95 Å². The lowest BCUT2D eigenvalue weighted by Crippen LogP contribution is -2.28. The molecule has 0 spiro atoms. The lowest BCUT2D eigenvalue weighted by Gasteiger charge is -2.23. The molecule has 2 N–H and O–H groups in total. The van der Waals surface area contributed by atoms with Crippen molar-refractivity contribution in [3.63, 3.8) is 0 Å². The normalized spacial score (nSPS) is 14.6. The number of aryl methyl sites for hydroxylation is 1. The van der Waals surface area contributed by atoms with Gasteiger partial charge in [0, 0.05) is 28.7 Å². The first kappa shape index (κ1) is 22.1. The zero-order valence-electron chi connectivity index (χ0n) is 18.3. The van der Waals surface area contributed by atoms with Crippen molar-refractivity contribution in [3.05, 3.63) is 70.3 Å². The second-order valence-corrected chi connectivity index (χ2v) is 9.27. The van der Waals surface area contributed by atoms with Crippen molar-refractivity contribution in [2.24, 2.45) is 5.92 Å². The highest BCUT2D eigenvalue weighted by Gasteiger charge is 2.18. The van der Waals surface area contributed by atoms with E-state index in [2.05, 4.69) is 20.2 Å². The molecule has 0 unspecified atom stereocenters. The average molecular weight is 481 g/mol. The Bertz CT molecular complexity index is 1230.